The van der Waals surface area contributed by atoms with E-state index in [-0.39, 0.29) is 28.9 Å². The molecule has 5 nitrogen and oxygen atoms in total. The van der Waals surface area contributed by atoms with Crippen molar-refractivity contribution in [3.8, 4) is 0 Å². The van der Waals surface area contributed by atoms with Crippen LogP contribution in [0.1, 0.15) is 38.6 Å². The molecular formula is C21H19ClFNO4. The van der Waals surface area contributed by atoms with Gasteiger partial charge in [-0.2, -0.15) is 0 Å². The molecule has 2 aromatic rings. The molecule has 1 fully saturated rings. The van der Waals surface area contributed by atoms with Crippen molar-refractivity contribution in [2.45, 2.75) is 18.4 Å². The minimum absolute atomic E-state index is 0.0585. The van der Waals surface area contributed by atoms with Crippen LogP contribution in [0.4, 0.5) is 10.1 Å². The van der Waals surface area contributed by atoms with Crippen LogP contribution in [0.15, 0.2) is 36.4 Å². The second-order valence-electron chi connectivity index (χ2n) is 7.02. The van der Waals surface area contributed by atoms with Gasteiger partial charge in [-0.05, 0) is 30.2 Å². The van der Waals surface area contributed by atoms with Gasteiger partial charge < -0.3 is 14.8 Å². The van der Waals surface area contributed by atoms with Gasteiger partial charge in [0, 0.05) is 29.3 Å². The van der Waals surface area contributed by atoms with Gasteiger partial charge in [0.05, 0.1) is 30.8 Å². The standard InChI is InChI=1S/C21H19ClFNO4/c1-27-21(26)14-8-12(23)9-16-17(14)20(25)18(13-4-2-3-5-15(13)22)19(24-16)11-6-7-28-10-11/h2-5,8-9,11,18-19,24H,6-7,10H2,1H3. The zero-order valence-corrected chi connectivity index (χ0v) is 16.0. The van der Waals surface area contributed by atoms with Crippen molar-refractivity contribution in [1.82, 2.24) is 0 Å². The average Bonchev–Trinajstić information content (AvgIpc) is 3.22. The first-order valence-corrected chi connectivity index (χ1v) is 9.44. The number of hydrogen-bond donors (Lipinski definition) is 1. The van der Waals surface area contributed by atoms with E-state index in [1.165, 1.54) is 13.2 Å². The van der Waals surface area contributed by atoms with Gasteiger partial charge in [-0.3, -0.25) is 4.79 Å². The van der Waals surface area contributed by atoms with Crippen LogP contribution in [0.2, 0.25) is 5.02 Å². The molecule has 0 radical (unpaired) electrons. The molecule has 1 saturated heterocycles. The van der Waals surface area contributed by atoms with Crippen LogP contribution < -0.4 is 5.32 Å². The molecule has 0 aromatic heterocycles. The predicted molar refractivity (Wildman–Crippen MR) is 103 cm³/mol. The Morgan fingerprint density at radius 2 is 2.11 bits per heavy atom. The van der Waals surface area contributed by atoms with E-state index in [2.05, 4.69) is 5.32 Å². The van der Waals surface area contributed by atoms with E-state index in [0.29, 0.717) is 29.5 Å². The van der Waals surface area contributed by atoms with Crippen molar-refractivity contribution in [2.75, 3.05) is 25.6 Å². The Bertz CT molecular complexity index is 942. The molecule has 0 spiro atoms. The third kappa shape index (κ3) is 3.16. The number of carbonyl (C=O) groups excluding carboxylic acids is 2. The number of anilines is 1. The van der Waals surface area contributed by atoms with Gasteiger partial charge in [0.1, 0.15) is 5.82 Å². The molecule has 1 N–H and O–H groups in total. The number of ether oxygens (including phenoxy) is 2. The minimum atomic E-state index is -0.758. The van der Waals surface area contributed by atoms with E-state index in [0.717, 1.165) is 12.5 Å². The predicted octanol–water partition coefficient (Wildman–Crippen LogP) is 4.06. The molecule has 3 atom stereocenters. The molecule has 0 aliphatic carbocycles. The van der Waals surface area contributed by atoms with Crippen molar-refractivity contribution in [3.63, 3.8) is 0 Å². The molecule has 3 unspecified atom stereocenters. The van der Waals surface area contributed by atoms with E-state index in [4.69, 9.17) is 21.1 Å². The van der Waals surface area contributed by atoms with E-state index < -0.39 is 17.7 Å². The number of benzene rings is 2. The highest BCUT2D eigenvalue weighted by Crippen LogP contribution is 2.43. The van der Waals surface area contributed by atoms with Gasteiger partial charge in [0.25, 0.3) is 0 Å². The Hall–Kier alpha value is -2.44. The first-order valence-electron chi connectivity index (χ1n) is 9.06. The second kappa shape index (κ2) is 7.53. The van der Waals surface area contributed by atoms with Crippen molar-refractivity contribution in [1.29, 1.82) is 0 Å². The van der Waals surface area contributed by atoms with Crippen LogP contribution in [0.3, 0.4) is 0 Å². The molecule has 0 amide bonds. The fourth-order valence-electron chi connectivity index (χ4n) is 4.13. The van der Waals surface area contributed by atoms with Gasteiger partial charge >= 0.3 is 5.97 Å². The molecule has 0 bridgehead atoms. The maximum absolute atomic E-state index is 14.2. The first kappa shape index (κ1) is 18.9. The summed E-state index contributed by atoms with van der Waals surface area (Å²) in [7, 11) is 1.20. The number of nitrogens with one attached hydrogen (secondary N) is 1. The van der Waals surface area contributed by atoms with Gasteiger partial charge in [0.2, 0.25) is 0 Å². The van der Waals surface area contributed by atoms with E-state index >= 15 is 0 Å². The summed E-state index contributed by atoms with van der Waals surface area (Å²) in [5.41, 5.74) is 1.01. The summed E-state index contributed by atoms with van der Waals surface area (Å²) in [5, 5.41) is 3.77. The molecule has 2 aromatic carbocycles. The summed E-state index contributed by atoms with van der Waals surface area (Å²) < 4.78 is 24.4. The van der Waals surface area contributed by atoms with Crippen molar-refractivity contribution in [3.05, 3.63) is 63.9 Å². The molecule has 0 saturated carbocycles. The van der Waals surface area contributed by atoms with Crippen LogP contribution in [0, 0.1) is 11.7 Å². The topological polar surface area (TPSA) is 64.6 Å². The Balaban J connectivity index is 1.89. The first-order chi connectivity index (χ1) is 13.5. The Morgan fingerprint density at radius 3 is 2.79 bits per heavy atom. The summed E-state index contributed by atoms with van der Waals surface area (Å²) in [5.74, 6) is -2.22. The van der Waals surface area contributed by atoms with Crippen LogP contribution >= 0.6 is 11.6 Å². The highest BCUT2D eigenvalue weighted by molar-refractivity contribution is 6.32. The maximum atomic E-state index is 14.2. The number of carbonyl (C=O) groups is 2. The Kier molecular flexibility index (Phi) is 5.08. The highest BCUT2D eigenvalue weighted by atomic mass is 35.5. The highest BCUT2D eigenvalue weighted by Gasteiger charge is 2.44. The number of fused-ring (bicyclic) bond motifs is 1. The molecule has 28 heavy (non-hydrogen) atoms. The van der Waals surface area contributed by atoms with Crippen molar-refractivity contribution in [2.24, 2.45) is 5.92 Å². The zero-order valence-electron chi connectivity index (χ0n) is 15.2. The second-order valence-corrected chi connectivity index (χ2v) is 7.43. The largest absolute Gasteiger partial charge is 0.465 e. The summed E-state index contributed by atoms with van der Waals surface area (Å²) in [6, 6.07) is 9.10. The lowest BCUT2D eigenvalue weighted by Gasteiger charge is -2.37. The number of esters is 1. The van der Waals surface area contributed by atoms with Gasteiger partial charge in [-0.25, -0.2) is 9.18 Å². The van der Waals surface area contributed by atoms with Gasteiger partial charge in [-0.15, -0.1) is 0 Å². The Labute approximate surface area is 166 Å². The Morgan fingerprint density at radius 1 is 1.32 bits per heavy atom. The molecular weight excluding hydrogens is 385 g/mol. The number of halogens is 2. The average molecular weight is 404 g/mol. The molecule has 2 heterocycles. The monoisotopic (exact) mass is 403 g/mol. The molecule has 2 aliphatic heterocycles. The van der Waals surface area contributed by atoms with E-state index in [1.807, 2.05) is 12.1 Å². The lowest BCUT2D eigenvalue weighted by atomic mass is 9.74. The quantitative estimate of drug-likeness (QED) is 0.783. The molecule has 2 aliphatic rings. The van der Waals surface area contributed by atoms with Crippen LogP contribution in [0.25, 0.3) is 0 Å². The molecule has 7 heteroatoms. The molecule has 4 rings (SSSR count). The van der Waals surface area contributed by atoms with E-state index in [9.17, 15) is 14.0 Å². The van der Waals surface area contributed by atoms with E-state index in [1.54, 1.807) is 12.1 Å². The zero-order chi connectivity index (χ0) is 19.8. The van der Waals surface area contributed by atoms with Crippen LogP contribution in [-0.2, 0) is 9.47 Å². The minimum Gasteiger partial charge on any atom is -0.465 e. The summed E-state index contributed by atoms with van der Waals surface area (Å²) in [6.45, 7) is 1.11. The number of ketones is 1. The normalized spacial score (nSPS) is 23.8. The third-order valence-corrected chi connectivity index (χ3v) is 5.78. The van der Waals surface area contributed by atoms with Crippen molar-refractivity contribution < 1.29 is 23.5 Å². The molecule has 146 valence electrons. The summed E-state index contributed by atoms with van der Waals surface area (Å²) in [6.07, 6.45) is 0.778. The van der Waals surface area contributed by atoms with Gasteiger partial charge in [-0.1, -0.05) is 29.8 Å². The summed E-state index contributed by atoms with van der Waals surface area (Å²) in [4.78, 5) is 25.8. The van der Waals surface area contributed by atoms with Crippen LogP contribution in [0.5, 0.6) is 0 Å². The third-order valence-electron chi connectivity index (χ3n) is 5.43. The lowest BCUT2D eigenvalue weighted by molar-refractivity contribution is 0.0595. The number of methoxy groups -OCH3 is 1. The van der Waals surface area contributed by atoms with Gasteiger partial charge in [0.15, 0.2) is 5.78 Å². The summed E-state index contributed by atoms with van der Waals surface area (Å²) >= 11 is 6.41. The SMILES string of the molecule is COC(=O)c1cc(F)cc2c1C(=O)C(c1ccccc1Cl)C(C1CCOC1)N2. The number of rotatable bonds is 3. The van der Waals surface area contributed by atoms with Crippen LogP contribution in [-0.4, -0.2) is 38.1 Å². The number of hydrogen-bond acceptors (Lipinski definition) is 5. The fourth-order valence-corrected chi connectivity index (χ4v) is 4.38. The fraction of sp³-hybridized carbons (Fsp3) is 0.333. The lowest BCUT2D eigenvalue weighted by Crippen LogP contribution is -2.44. The maximum Gasteiger partial charge on any atom is 0.338 e. The number of Topliss-reactive ketones (excluding diaryl/α,β-unsaturated/α-hetero) is 1. The van der Waals surface area contributed by atoms with Crippen molar-refractivity contribution >= 4 is 29.0 Å². The smallest absolute Gasteiger partial charge is 0.338 e.